The molecule has 3 heterocycles. The van der Waals surface area contributed by atoms with Gasteiger partial charge in [-0.15, -0.1) is 11.3 Å². The highest BCUT2D eigenvalue weighted by molar-refractivity contribution is 7.13. The van der Waals surface area contributed by atoms with E-state index in [2.05, 4.69) is 38.2 Å². The topological polar surface area (TPSA) is 74.0 Å². The van der Waals surface area contributed by atoms with Crippen LogP contribution in [0.1, 0.15) is 10.5 Å². The molecule has 3 aromatic heterocycles. The Labute approximate surface area is 188 Å². The van der Waals surface area contributed by atoms with E-state index < -0.39 is 0 Å². The van der Waals surface area contributed by atoms with Gasteiger partial charge in [0.15, 0.2) is 0 Å². The lowest BCUT2D eigenvalue weighted by molar-refractivity contribution is 0.102. The van der Waals surface area contributed by atoms with E-state index in [1.807, 2.05) is 48.7 Å². The quantitative estimate of drug-likeness (QED) is 0.390. The summed E-state index contributed by atoms with van der Waals surface area (Å²) in [6.07, 6.45) is 3.60. The van der Waals surface area contributed by atoms with Crippen molar-refractivity contribution >= 4 is 33.8 Å². The maximum Gasteiger partial charge on any atom is 0.275 e. The van der Waals surface area contributed by atoms with Crippen LogP contribution in [0.15, 0.2) is 78.4 Å². The largest absolute Gasteiger partial charge is 0.383 e. The molecule has 7 nitrogen and oxygen atoms in total. The number of anilines is 1. The lowest BCUT2D eigenvalue weighted by atomic mass is 10.2. The van der Waals surface area contributed by atoms with Gasteiger partial charge in [-0.25, -0.2) is 9.67 Å². The number of hydrogen-bond donors (Lipinski definition) is 1. The van der Waals surface area contributed by atoms with Gasteiger partial charge < -0.3 is 14.6 Å². The van der Waals surface area contributed by atoms with Gasteiger partial charge in [-0.3, -0.25) is 4.79 Å². The fraction of sp³-hybridized carbons (Fsp3) is 0.125. The van der Waals surface area contributed by atoms with Gasteiger partial charge in [0.25, 0.3) is 5.91 Å². The number of methoxy groups -OCH3 is 1. The van der Waals surface area contributed by atoms with Crippen LogP contribution in [-0.2, 0) is 11.3 Å². The van der Waals surface area contributed by atoms with Gasteiger partial charge in [0.05, 0.1) is 18.0 Å². The average Bonchev–Trinajstić information content (AvgIpc) is 3.58. The third kappa shape index (κ3) is 3.93. The van der Waals surface area contributed by atoms with Crippen molar-refractivity contribution in [1.82, 2.24) is 19.3 Å². The minimum absolute atomic E-state index is 0.237. The minimum Gasteiger partial charge on any atom is -0.383 e. The van der Waals surface area contributed by atoms with Gasteiger partial charge in [0.2, 0.25) is 0 Å². The zero-order valence-electron chi connectivity index (χ0n) is 17.4. The summed E-state index contributed by atoms with van der Waals surface area (Å²) in [6.45, 7) is 1.31. The van der Waals surface area contributed by atoms with E-state index in [0.29, 0.717) is 24.5 Å². The Bertz CT molecular complexity index is 1350. The van der Waals surface area contributed by atoms with Crippen molar-refractivity contribution < 1.29 is 9.53 Å². The van der Waals surface area contributed by atoms with E-state index in [-0.39, 0.29) is 5.91 Å². The summed E-state index contributed by atoms with van der Waals surface area (Å²) in [4.78, 5) is 17.4. The number of nitrogens with zero attached hydrogens (tertiary/aromatic N) is 4. The van der Waals surface area contributed by atoms with E-state index >= 15 is 0 Å². The Balaban J connectivity index is 1.37. The normalized spacial score (nSPS) is 11.2. The lowest BCUT2D eigenvalue weighted by Gasteiger charge is -2.08. The minimum atomic E-state index is -0.237. The van der Waals surface area contributed by atoms with Crippen molar-refractivity contribution in [2.24, 2.45) is 0 Å². The first kappa shape index (κ1) is 20.2. The second-order valence-electron chi connectivity index (χ2n) is 7.22. The summed E-state index contributed by atoms with van der Waals surface area (Å²) >= 11 is 1.46. The molecule has 8 heteroatoms. The van der Waals surface area contributed by atoms with Crippen LogP contribution in [0, 0.1) is 0 Å². The van der Waals surface area contributed by atoms with Gasteiger partial charge in [0, 0.05) is 48.0 Å². The lowest BCUT2D eigenvalue weighted by Crippen LogP contribution is -2.12. The van der Waals surface area contributed by atoms with Crippen LogP contribution in [-0.4, -0.2) is 39.0 Å². The predicted octanol–water partition coefficient (Wildman–Crippen LogP) is 4.85. The molecule has 0 saturated carbocycles. The smallest absolute Gasteiger partial charge is 0.275 e. The molecule has 0 radical (unpaired) electrons. The first-order valence-electron chi connectivity index (χ1n) is 10.2. The molecule has 0 atom stereocenters. The third-order valence-electron chi connectivity index (χ3n) is 5.18. The van der Waals surface area contributed by atoms with Gasteiger partial charge in [0.1, 0.15) is 10.7 Å². The highest BCUT2D eigenvalue weighted by atomic mass is 32.1. The molecule has 0 saturated heterocycles. The van der Waals surface area contributed by atoms with E-state index in [9.17, 15) is 4.79 Å². The number of nitrogens with one attached hydrogen (secondary N) is 1. The van der Waals surface area contributed by atoms with Gasteiger partial charge >= 0.3 is 0 Å². The fourth-order valence-corrected chi connectivity index (χ4v) is 4.44. The summed E-state index contributed by atoms with van der Waals surface area (Å²) < 4.78 is 9.24. The van der Waals surface area contributed by atoms with Crippen LogP contribution in [0.3, 0.4) is 0 Å². The molecule has 160 valence electrons. The van der Waals surface area contributed by atoms with Crippen LogP contribution in [0.4, 0.5) is 5.69 Å². The highest BCUT2D eigenvalue weighted by Gasteiger charge is 2.17. The van der Waals surface area contributed by atoms with E-state index in [1.165, 1.54) is 11.3 Å². The molecule has 0 aliphatic rings. The van der Waals surface area contributed by atoms with Crippen molar-refractivity contribution in [2.75, 3.05) is 19.0 Å². The molecule has 0 bridgehead atoms. The van der Waals surface area contributed by atoms with Crippen molar-refractivity contribution in [3.8, 4) is 16.4 Å². The number of hydrogen-bond acceptors (Lipinski definition) is 5. The number of ether oxygens (including phenoxy) is 1. The van der Waals surface area contributed by atoms with Crippen LogP contribution >= 0.6 is 11.3 Å². The van der Waals surface area contributed by atoms with Crippen molar-refractivity contribution in [2.45, 2.75) is 6.54 Å². The number of fused-ring (bicyclic) bond motifs is 1. The zero-order valence-corrected chi connectivity index (χ0v) is 18.2. The maximum atomic E-state index is 12.8. The predicted molar refractivity (Wildman–Crippen MR) is 126 cm³/mol. The Kier molecular flexibility index (Phi) is 5.53. The molecule has 1 N–H and O–H groups in total. The molecule has 32 heavy (non-hydrogen) atoms. The van der Waals surface area contributed by atoms with Crippen molar-refractivity contribution in [3.05, 3.63) is 84.1 Å². The Morgan fingerprint density at radius 2 is 1.97 bits per heavy atom. The summed E-state index contributed by atoms with van der Waals surface area (Å²) in [5.74, 6) is -0.237. The van der Waals surface area contributed by atoms with Gasteiger partial charge in [-0.05, 0) is 42.5 Å². The molecule has 0 unspecified atom stereocenters. The average molecular weight is 444 g/mol. The molecule has 2 aromatic carbocycles. The summed E-state index contributed by atoms with van der Waals surface area (Å²) in [6, 6.07) is 19.7. The van der Waals surface area contributed by atoms with Crippen molar-refractivity contribution in [3.63, 3.8) is 0 Å². The first-order chi connectivity index (χ1) is 15.7. The highest BCUT2D eigenvalue weighted by Crippen LogP contribution is 2.30. The number of carbonyl (C=O) groups excluding carboxylic acids is 1. The molecular weight excluding hydrogens is 422 g/mol. The second-order valence-corrected chi connectivity index (χ2v) is 8.08. The Morgan fingerprint density at radius 3 is 2.75 bits per heavy atom. The number of rotatable bonds is 7. The van der Waals surface area contributed by atoms with Crippen LogP contribution in [0.25, 0.3) is 27.3 Å². The number of thiazole rings is 1. The molecule has 0 fully saturated rings. The molecule has 5 aromatic rings. The number of aromatic nitrogens is 4. The molecular formula is C24H21N5O2S. The van der Waals surface area contributed by atoms with Crippen LogP contribution in [0.2, 0.25) is 0 Å². The van der Waals surface area contributed by atoms with E-state index in [0.717, 1.165) is 27.3 Å². The van der Waals surface area contributed by atoms with Crippen LogP contribution < -0.4 is 5.32 Å². The Hall–Kier alpha value is -3.75. The second kappa shape index (κ2) is 8.78. The number of para-hydroxylation sites is 1. The van der Waals surface area contributed by atoms with Gasteiger partial charge in [-0.2, -0.15) is 5.10 Å². The van der Waals surface area contributed by atoms with Crippen LogP contribution in [0.5, 0.6) is 0 Å². The number of amides is 1. The van der Waals surface area contributed by atoms with E-state index in [4.69, 9.17) is 4.74 Å². The summed E-state index contributed by atoms with van der Waals surface area (Å²) in [5.41, 5.74) is 4.13. The zero-order chi connectivity index (χ0) is 21.9. The summed E-state index contributed by atoms with van der Waals surface area (Å²) in [5, 5.41) is 10.9. The monoisotopic (exact) mass is 443 g/mol. The number of carbonyl (C=O) groups is 1. The standard InChI is InChI=1S/C24H21N5O2S/c1-31-14-13-28-21-6-3-2-5-17(21)15-22(28)24-27-20(16-32-24)23(30)26-18-7-9-19(10-8-18)29-12-4-11-25-29/h2-12,15-16H,13-14H2,1H3,(H,26,30). The molecule has 5 rings (SSSR count). The molecule has 0 aliphatic carbocycles. The maximum absolute atomic E-state index is 12.8. The van der Waals surface area contributed by atoms with Crippen molar-refractivity contribution in [1.29, 1.82) is 0 Å². The molecule has 1 amide bonds. The number of benzene rings is 2. The molecule has 0 spiro atoms. The molecule has 0 aliphatic heterocycles. The SMILES string of the molecule is COCCn1c(-c2nc(C(=O)Nc3ccc(-n4cccn4)cc3)cs2)cc2ccccc21. The Morgan fingerprint density at radius 1 is 1.12 bits per heavy atom. The van der Waals surface area contributed by atoms with E-state index in [1.54, 1.807) is 23.4 Å². The first-order valence-corrected chi connectivity index (χ1v) is 11.1. The fourth-order valence-electron chi connectivity index (χ4n) is 3.62. The third-order valence-corrected chi connectivity index (χ3v) is 6.04. The summed E-state index contributed by atoms with van der Waals surface area (Å²) in [7, 11) is 1.69. The van der Waals surface area contributed by atoms with Gasteiger partial charge in [-0.1, -0.05) is 18.2 Å².